The van der Waals surface area contributed by atoms with E-state index in [0.717, 1.165) is 23.2 Å². The molecule has 0 spiro atoms. The zero-order valence-electron chi connectivity index (χ0n) is 9.89. The summed E-state index contributed by atoms with van der Waals surface area (Å²) >= 11 is 4.12. The molecule has 92 valence electrons. The maximum absolute atomic E-state index is 11.5. The molecule has 4 heteroatoms. The fourth-order valence-corrected chi connectivity index (χ4v) is 2.42. The van der Waals surface area contributed by atoms with Gasteiger partial charge in [-0.15, -0.1) is 0 Å². The van der Waals surface area contributed by atoms with Gasteiger partial charge in [0.15, 0.2) is 0 Å². The second-order valence-corrected chi connectivity index (χ2v) is 4.82. The van der Waals surface area contributed by atoms with Crippen LogP contribution in [0.2, 0.25) is 0 Å². The first-order valence-corrected chi connectivity index (χ1v) is 6.45. The Bertz CT molecular complexity index is 433. The Kier molecular flexibility index (Phi) is 3.74. The van der Waals surface area contributed by atoms with Crippen LogP contribution in [-0.2, 0) is 11.2 Å². The average Bonchev–Trinajstić information content (AvgIpc) is 2.34. The molecule has 1 heterocycles. The molecule has 3 nitrogen and oxygen atoms in total. The van der Waals surface area contributed by atoms with Crippen molar-refractivity contribution in [2.24, 2.45) is 0 Å². The van der Waals surface area contributed by atoms with Crippen molar-refractivity contribution in [3.63, 3.8) is 0 Å². The highest BCUT2D eigenvalue weighted by molar-refractivity contribution is 7.80. The summed E-state index contributed by atoms with van der Waals surface area (Å²) < 4.78 is 0. The standard InChI is InChI=1S/C13H17NO2S/c1-14-11-4-2-10(12(15)6-7-17)8-9(11)3-5-13(14)16/h2,4,8,12,15,17H,3,5-7H2,1H3. The molecule has 0 aromatic heterocycles. The largest absolute Gasteiger partial charge is 0.388 e. The Hall–Kier alpha value is -1.00. The molecule has 0 bridgehead atoms. The second kappa shape index (κ2) is 5.10. The predicted molar refractivity (Wildman–Crippen MR) is 71.6 cm³/mol. The molecule has 2 rings (SSSR count). The number of thiol groups is 1. The number of benzene rings is 1. The lowest BCUT2D eigenvalue weighted by atomic mass is 9.96. The summed E-state index contributed by atoms with van der Waals surface area (Å²) in [6.45, 7) is 0. The average molecular weight is 251 g/mol. The van der Waals surface area contributed by atoms with E-state index in [9.17, 15) is 9.90 Å². The van der Waals surface area contributed by atoms with Gasteiger partial charge in [-0.05, 0) is 35.8 Å². The lowest BCUT2D eigenvalue weighted by molar-refractivity contribution is -0.118. The maximum Gasteiger partial charge on any atom is 0.227 e. The van der Waals surface area contributed by atoms with Gasteiger partial charge in [-0.25, -0.2) is 0 Å². The molecular formula is C13H17NO2S. The lowest BCUT2D eigenvalue weighted by Gasteiger charge is -2.26. The molecule has 1 amide bonds. The van der Waals surface area contributed by atoms with Crippen LogP contribution in [0.25, 0.3) is 0 Å². The molecule has 1 aliphatic rings. The number of hydrogen-bond donors (Lipinski definition) is 2. The number of aliphatic hydroxyl groups is 1. The molecule has 0 fully saturated rings. The number of aryl methyl sites for hydroxylation is 1. The summed E-state index contributed by atoms with van der Waals surface area (Å²) in [6.07, 6.45) is 1.51. The van der Waals surface area contributed by atoms with Crippen molar-refractivity contribution in [3.05, 3.63) is 29.3 Å². The van der Waals surface area contributed by atoms with Gasteiger partial charge in [0.2, 0.25) is 5.91 Å². The predicted octanol–water partition coefficient (Wildman–Crippen LogP) is 1.95. The first-order chi connectivity index (χ1) is 8.13. The zero-order valence-corrected chi connectivity index (χ0v) is 10.8. The van der Waals surface area contributed by atoms with E-state index >= 15 is 0 Å². The van der Waals surface area contributed by atoms with Gasteiger partial charge in [0, 0.05) is 19.2 Å². The molecule has 0 saturated carbocycles. The van der Waals surface area contributed by atoms with Gasteiger partial charge in [-0.2, -0.15) is 12.6 Å². The van der Waals surface area contributed by atoms with E-state index in [1.54, 1.807) is 11.9 Å². The SMILES string of the molecule is CN1C(=O)CCc2cc(C(O)CCS)ccc21. The molecular weight excluding hydrogens is 234 g/mol. The van der Waals surface area contributed by atoms with Crippen molar-refractivity contribution in [2.45, 2.75) is 25.4 Å². The number of carbonyl (C=O) groups is 1. The molecule has 1 unspecified atom stereocenters. The van der Waals surface area contributed by atoms with Crippen molar-refractivity contribution in [2.75, 3.05) is 17.7 Å². The van der Waals surface area contributed by atoms with Crippen LogP contribution in [-0.4, -0.2) is 23.8 Å². The first-order valence-electron chi connectivity index (χ1n) is 5.82. The van der Waals surface area contributed by atoms with E-state index in [0.29, 0.717) is 18.6 Å². The van der Waals surface area contributed by atoms with Crippen LogP contribution in [0.3, 0.4) is 0 Å². The smallest absolute Gasteiger partial charge is 0.227 e. The van der Waals surface area contributed by atoms with E-state index in [1.807, 2.05) is 18.2 Å². The number of carbonyl (C=O) groups excluding carboxylic acids is 1. The van der Waals surface area contributed by atoms with Crippen molar-refractivity contribution < 1.29 is 9.90 Å². The van der Waals surface area contributed by atoms with Gasteiger partial charge in [0.1, 0.15) is 0 Å². The summed E-state index contributed by atoms with van der Waals surface area (Å²) in [7, 11) is 1.80. The highest BCUT2D eigenvalue weighted by Gasteiger charge is 2.21. The van der Waals surface area contributed by atoms with E-state index in [1.165, 1.54) is 0 Å². The molecule has 1 aromatic rings. The minimum atomic E-state index is -0.458. The van der Waals surface area contributed by atoms with Crippen molar-refractivity contribution in [3.8, 4) is 0 Å². The third-order valence-electron chi connectivity index (χ3n) is 3.23. The Morgan fingerprint density at radius 2 is 2.24 bits per heavy atom. The van der Waals surface area contributed by atoms with E-state index in [4.69, 9.17) is 0 Å². The van der Waals surface area contributed by atoms with Crippen molar-refractivity contribution in [1.82, 2.24) is 0 Å². The van der Waals surface area contributed by atoms with Crippen LogP contribution in [0.5, 0.6) is 0 Å². The van der Waals surface area contributed by atoms with Crippen LogP contribution in [0.15, 0.2) is 18.2 Å². The molecule has 0 radical (unpaired) electrons. The van der Waals surface area contributed by atoms with Gasteiger partial charge < -0.3 is 10.0 Å². The summed E-state index contributed by atoms with van der Waals surface area (Å²) in [6, 6.07) is 5.82. The lowest BCUT2D eigenvalue weighted by Crippen LogP contribution is -2.31. The fourth-order valence-electron chi connectivity index (χ4n) is 2.17. The monoisotopic (exact) mass is 251 g/mol. The van der Waals surface area contributed by atoms with Gasteiger partial charge in [0.05, 0.1) is 6.10 Å². The Balaban J connectivity index is 2.29. The van der Waals surface area contributed by atoms with Crippen molar-refractivity contribution in [1.29, 1.82) is 0 Å². The number of aliphatic hydroxyl groups excluding tert-OH is 1. The van der Waals surface area contributed by atoms with Gasteiger partial charge in [-0.3, -0.25) is 4.79 Å². The van der Waals surface area contributed by atoms with Crippen LogP contribution in [0, 0.1) is 0 Å². The molecule has 17 heavy (non-hydrogen) atoms. The summed E-state index contributed by atoms with van der Waals surface area (Å²) in [4.78, 5) is 13.2. The van der Waals surface area contributed by atoms with Crippen LogP contribution >= 0.6 is 12.6 Å². The Morgan fingerprint density at radius 3 is 2.94 bits per heavy atom. The number of rotatable bonds is 3. The third kappa shape index (κ3) is 2.48. The fraction of sp³-hybridized carbons (Fsp3) is 0.462. The third-order valence-corrected chi connectivity index (χ3v) is 3.49. The number of nitrogens with zero attached hydrogens (tertiary/aromatic N) is 1. The highest BCUT2D eigenvalue weighted by atomic mass is 32.1. The van der Waals surface area contributed by atoms with Gasteiger partial charge in [0.25, 0.3) is 0 Å². The Labute approximate surface area is 107 Å². The molecule has 1 aliphatic heterocycles. The minimum absolute atomic E-state index is 0.154. The maximum atomic E-state index is 11.5. The van der Waals surface area contributed by atoms with Crippen molar-refractivity contribution >= 4 is 24.2 Å². The summed E-state index contributed by atoms with van der Waals surface area (Å²) in [5, 5.41) is 9.91. The topological polar surface area (TPSA) is 40.5 Å². The number of hydrogen-bond acceptors (Lipinski definition) is 3. The van der Waals surface area contributed by atoms with Gasteiger partial charge >= 0.3 is 0 Å². The molecule has 0 saturated heterocycles. The normalized spacial score (nSPS) is 16.9. The number of amides is 1. The van der Waals surface area contributed by atoms with E-state index in [2.05, 4.69) is 12.6 Å². The molecule has 1 atom stereocenters. The second-order valence-electron chi connectivity index (χ2n) is 4.37. The van der Waals surface area contributed by atoms with Crippen LogP contribution < -0.4 is 4.90 Å². The number of fused-ring (bicyclic) bond motifs is 1. The zero-order chi connectivity index (χ0) is 12.4. The number of anilines is 1. The molecule has 1 aromatic carbocycles. The van der Waals surface area contributed by atoms with E-state index < -0.39 is 6.10 Å². The Morgan fingerprint density at radius 1 is 1.47 bits per heavy atom. The molecule has 0 aliphatic carbocycles. The first kappa shape index (κ1) is 12.5. The highest BCUT2D eigenvalue weighted by Crippen LogP contribution is 2.30. The minimum Gasteiger partial charge on any atom is -0.388 e. The van der Waals surface area contributed by atoms with Crippen LogP contribution in [0.4, 0.5) is 5.69 Å². The van der Waals surface area contributed by atoms with Crippen LogP contribution in [0.1, 0.15) is 30.1 Å². The summed E-state index contributed by atoms with van der Waals surface area (Å²) in [5.74, 6) is 0.817. The van der Waals surface area contributed by atoms with Gasteiger partial charge in [-0.1, -0.05) is 12.1 Å². The quantitative estimate of drug-likeness (QED) is 0.806. The molecule has 1 N–H and O–H groups in total. The summed E-state index contributed by atoms with van der Waals surface area (Å²) in [5.41, 5.74) is 3.02. The van der Waals surface area contributed by atoms with E-state index in [-0.39, 0.29) is 5.91 Å².